The van der Waals surface area contributed by atoms with Crippen molar-refractivity contribution in [3.63, 3.8) is 0 Å². The Hall–Kier alpha value is -3.15. The first-order chi connectivity index (χ1) is 15.5. The van der Waals surface area contributed by atoms with E-state index in [0.717, 1.165) is 34.7 Å². The zero-order valence-electron chi connectivity index (χ0n) is 19.0. The third-order valence-corrected chi connectivity index (χ3v) is 5.40. The molecule has 0 fully saturated rings. The second-order valence-electron chi connectivity index (χ2n) is 8.55. The summed E-state index contributed by atoms with van der Waals surface area (Å²) in [6.45, 7) is 7.72. The number of aliphatic hydroxyl groups is 1. The van der Waals surface area contributed by atoms with Crippen molar-refractivity contribution < 1.29 is 9.84 Å². The molecule has 2 N–H and O–H groups in total. The normalized spacial score (nSPS) is 12.4. The van der Waals surface area contributed by atoms with Gasteiger partial charge in [0, 0.05) is 24.7 Å². The molecule has 1 heterocycles. The molecule has 1 aromatic heterocycles. The van der Waals surface area contributed by atoms with Crippen LogP contribution in [0.5, 0.6) is 5.75 Å². The first kappa shape index (κ1) is 22.1. The van der Waals surface area contributed by atoms with Crippen molar-refractivity contribution in [3.8, 4) is 17.1 Å². The summed E-state index contributed by atoms with van der Waals surface area (Å²) >= 11 is 0. The van der Waals surface area contributed by atoms with E-state index in [4.69, 9.17) is 9.72 Å². The van der Waals surface area contributed by atoms with Crippen LogP contribution in [0.15, 0.2) is 72.8 Å². The van der Waals surface area contributed by atoms with Gasteiger partial charge in [0.05, 0.1) is 11.0 Å². The Balaban J connectivity index is 1.56. The largest absolute Gasteiger partial charge is 0.491 e. The van der Waals surface area contributed by atoms with E-state index >= 15 is 0 Å². The summed E-state index contributed by atoms with van der Waals surface area (Å²) < 4.78 is 8.04. The fraction of sp³-hybridized carbons (Fsp3) is 0.296. The summed E-state index contributed by atoms with van der Waals surface area (Å²) in [5.41, 5.74) is 5.58. The molecule has 0 aliphatic heterocycles. The second-order valence-corrected chi connectivity index (χ2v) is 8.55. The molecule has 0 bridgehead atoms. The smallest absolute Gasteiger partial charge is 0.141 e. The molecule has 0 saturated heterocycles. The average molecular weight is 430 g/mol. The Kier molecular flexibility index (Phi) is 6.88. The monoisotopic (exact) mass is 429 g/mol. The van der Waals surface area contributed by atoms with Gasteiger partial charge >= 0.3 is 0 Å². The van der Waals surface area contributed by atoms with Crippen molar-refractivity contribution in [3.05, 3.63) is 83.9 Å². The van der Waals surface area contributed by atoms with E-state index in [1.807, 2.05) is 30.3 Å². The lowest BCUT2D eigenvalue weighted by Gasteiger charge is -2.15. The Labute approximate surface area is 189 Å². The predicted octanol–water partition coefficient (Wildman–Crippen LogP) is 4.80. The molecule has 1 atom stereocenters. The molecule has 3 aromatic carbocycles. The van der Waals surface area contributed by atoms with E-state index in [-0.39, 0.29) is 6.61 Å². The van der Waals surface area contributed by atoms with Crippen LogP contribution in [0.25, 0.3) is 22.4 Å². The SMILES string of the molecule is Cc1ccc2c(c1)nc(-c1ccc(OCC(O)CNC(C)C)cc1)n2Cc1ccccc1. The number of aryl methyl sites for hydroxylation is 1. The Morgan fingerprint density at radius 2 is 1.75 bits per heavy atom. The van der Waals surface area contributed by atoms with Gasteiger partial charge in [-0.15, -0.1) is 0 Å². The van der Waals surface area contributed by atoms with Crippen molar-refractivity contribution in [2.45, 2.75) is 39.5 Å². The van der Waals surface area contributed by atoms with Crippen LogP contribution in [0.3, 0.4) is 0 Å². The van der Waals surface area contributed by atoms with Crippen LogP contribution >= 0.6 is 0 Å². The molecule has 0 amide bonds. The molecule has 5 nitrogen and oxygen atoms in total. The fourth-order valence-corrected chi connectivity index (χ4v) is 3.71. The van der Waals surface area contributed by atoms with Crippen molar-refractivity contribution in [2.24, 2.45) is 0 Å². The predicted molar refractivity (Wildman–Crippen MR) is 130 cm³/mol. The Morgan fingerprint density at radius 1 is 1.00 bits per heavy atom. The molecule has 0 saturated carbocycles. The van der Waals surface area contributed by atoms with E-state index in [9.17, 15) is 5.11 Å². The summed E-state index contributed by atoms with van der Waals surface area (Å²) in [6.07, 6.45) is -0.546. The van der Waals surface area contributed by atoms with Crippen LogP contribution in [0.2, 0.25) is 0 Å². The minimum Gasteiger partial charge on any atom is -0.491 e. The minimum atomic E-state index is -0.546. The Bertz CT molecular complexity index is 1150. The van der Waals surface area contributed by atoms with Gasteiger partial charge in [-0.3, -0.25) is 0 Å². The van der Waals surface area contributed by atoms with Crippen molar-refractivity contribution in [1.29, 1.82) is 0 Å². The van der Waals surface area contributed by atoms with Crippen LogP contribution in [0.4, 0.5) is 0 Å². The van der Waals surface area contributed by atoms with E-state index in [2.05, 4.69) is 73.1 Å². The molecule has 4 rings (SSSR count). The topological polar surface area (TPSA) is 59.3 Å². The first-order valence-corrected chi connectivity index (χ1v) is 11.1. The van der Waals surface area contributed by atoms with Crippen LogP contribution in [0.1, 0.15) is 25.0 Å². The van der Waals surface area contributed by atoms with E-state index in [1.165, 1.54) is 11.1 Å². The van der Waals surface area contributed by atoms with Gasteiger partial charge in [-0.2, -0.15) is 0 Å². The lowest BCUT2D eigenvalue weighted by atomic mass is 10.2. The standard InChI is InChI=1S/C27H31N3O2/c1-19(2)28-16-23(31)18-32-24-12-10-22(11-13-24)27-29-25-15-20(3)9-14-26(25)30(27)17-21-7-5-4-6-8-21/h4-15,19,23,28,31H,16-18H2,1-3H3. The van der Waals surface area contributed by atoms with Gasteiger partial charge in [0.2, 0.25) is 0 Å². The number of hydrogen-bond donors (Lipinski definition) is 2. The van der Waals surface area contributed by atoms with Crippen molar-refractivity contribution >= 4 is 11.0 Å². The minimum absolute atomic E-state index is 0.255. The first-order valence-electron chi connectivity index (χ1n) is 11.1. The summed E-state index contributed by atoms with van der Waals surface area (Å²) in [6, 6.07) is 25.1. The molecule has 5 heteroatoms. The van der Waals surface area contributed by atoms with Gasteiger partial charge < -0.3 is 19.7 Å². The fourth-order valence-electron chi connectivity index (χ4n) is 3.71. The quantitative estimate of drug-likeness (QED) is 0.401. The number of benzene rings is 3. The number of fused-ring (bicyclic) bond motifs is 1. The molecule has 166 valence electrons. The summed E-state index contributed by atoms with van der Waals surface area (Å²) in [5.74, 6) is 1.67. The molecular formula is C27H31N3O2. The molecule has 0 aliphatic carbocycles. The summed E-state index contributed by atoms with van der Waals surface area (Å²) in [7, 11) is 0. The van der Waals surface area contributed by atoms with Gasteiger partial charge in [-0.25, -0.2) is 4.98 Å². The molecule has 1 unspecified atom stereocenters. The van der Waals surface area contributed by atoms with Crippen LogP contribution in [-0.2, 0) is 6.54 Å². The number of ether oxygens (including phenoxy) is 1. The second kappa shape index (κ2) is 9.98. The van der Waals surface area contributed by atoms with E-state index in [1.54, 1.807) is 0 Å². The lowest BCUT2D eigenvalue weighted by molar-refractivity contribution is 0.104. The molecule has 0 radical (unpaired) electrons. The van der Waals surface area contributed by atoms with Gasteiger partial charge in [-0.1, -0.05) is 50.2 Å². The number of nitrogens with one attached hydrogen (secondary N) is 1. The highest BCUT2D eigenvalue weighted by Crippen LogP contribution is 2.28. The number of hydrogen-bond acceptors (Lipinski definition) is 4. The van der Waals surface area contributed by atoms with Gasteiger partial charge in [0.15, 0.2) is 0 Å². The highest BCUT2D eigenvalue weighted by Gasteiger charge is 2.14. The van der Waals surface area contributed by atoms with Gasteiger partial charge in [0.1, 0.15) is 24.3 Å². The van der Waals surface area contributed by atoms with Crippen molar-refractivity contribution in [1.82, 2.24) is 14.9 Å². The zero-order chi connectivity index (χ0) is 22.5. The number of imidazole rings is 1. The van der Waals surface area contributed by atoms with Crippen LogP contribution in [-0.4, -0.2) is 40.0 Å². The maximum atomic E-state index is 10.1. The number of rotatable bonds is 9. The number of aromatic nitrogens is 2. The zero-order valence-corrected chi connectivity index (χ0v) is 19.0. The van der Waals surface area contributed by atoms with Gasteiger partial charge in [-0.05, 0) is 54.4 Å². The molecular weight excluding hydrogens is 398 g/mol. The van der Waals surface area contributed by atoms with E-state index in [0.29, 0.717) is 12.6 Å². The summed E-state index contributed by atoms with van der Waals surface area (Å²) in [5, 5.41) is 13.3. The third kappa shape index (κ3) is 5.36. The summed E-state index contributed by atoms with van der Waals surface area (Å²) in [4.78, 5) is 4.96. The maximum absolute atomic E-state index is 10.1. The lowest BCUT2D eigenvalue weighted by Crippen LogP contribution is -2.35. The molecule has 0 spiro atoms. The highest BCUT2D eigenvalue weighted by atomic mass is 16.5. The Morgan fingerprint density at radius 3 is 2.47 bits per heavy atom. The van der Waals surface area contributed by atoms with E-state index < -0.39 is 6.10 Å². The number of nitrogens with zero attached hydrogens (tertiary/aromatic N) is 2. The average Bonchev–Trinajstić information content (AvgIpc) is 3.14. The number of aliphatic hydroxyl groups excluding tert-OH is 1. The van der Waals surface area contributed by atoms with Crippen molar-refractivity contribution in [2.75, 3.05) is 13.2 Å². The van der Waals surface area contributed by atoms with Crippen LogP contribution < -0.4 is 10.1 Å². The third-order valence-electron chi connectivity index (χ3n) is 5.40. The molecule has 0 aliphatic rings. The molecule has 32 heavy (non-hydrogen) atoms. The molecule has 4 aromatic rings. The maximum Gasteiger partial charge on any atom is 0.141 e. The van der Waals surface area contributed by atoms with Crippen LogP contribution in [0, 0.1) is 6.92 Å². The van der Waals surface area contributed by atoms with Gasteiger partial charge in [0.25, 0.3) is 0 Å². The highest BCUT2D eigenvalue weighted by molar-refractivity contribution is 5.81.